The van der Waals surface area contributed by atoms with Crippen molar-refractivity contribution in [2.45, 2.75) is 62.2 Å². The van der Waals surface area contributed by atoms with Gasteiger partial charge in [-0.1, -0.05) is 13.5 Å². The van der Waals surface area contributed by atoms with Gasteiger partial charge in [-0.25, -0.2) is 4.79 Å². The largest absolute Gasteiger partial charge is 0.478 e. The minimum absolute atomic E-state index is 0.176. The van der Waals surface area contributed by atoms with Gasteiger partial charge in [-0.3, -0.25) is 0 Å². The Kier molecular flexibility index (Phi) is 8.69. The van der Waals surface area contributed by atoms with E-state index in [1.807, 2.05) is 0 Å². The Hall–Kier alpha value is -1.74. The van der Waals surface area contributed by atoms with Gasteiger partial charge in [-0.05, 0) is 13.3 Å². The second kappa shape index (κ2) is 8.55. The molecule has 0 aromatic heterocycles. The zero-order valence-corrected chi connectivity index (χ0v) is 14.2. The molecule has 0 aromatic carbocycles. The molecule has 0 fully saturated rings. The fourth-order valence-electron chi connectivity index (χ4n) is 1.25. The highest BCUT2D eigenvalue weighted by atomic mass is 19.4. The minimum atomic E-state index is -7.93. The van der Waals surface area contributed by atoms with Crippen LogP contribution in [0.4, 0.5) is 57.1 Å². The van der Waals surface area contributed by atoms with Gasteiger partial charge in [0.1, 0.15) is 6.10 Å². The molecule has 0 aliphatic carbocycles. The second-order valence-corrected chi connectivity index (χ2v) is 5.43. The lowest BCUT2D eigenvalue weighted by Gasteiger charge is -2.40. The molecule has 16 heteroatoms. The first-order chi connectivity index (χ1) is 12.4. The van der Waals surface area contributed by atoms with Crippen LogP contribution < -0.4 is 0 Å². The van der Waals surface area contributed by atoms with E-state index in [2.05, 4.69) is 6.58 Å². The Morgan fingerprint density at radius 2 is 1.07 bits per heavy atom. The van der Waals surface area contributed by atoms with E-state index in [0.717, 1.165) is 0 Å². The van der Waals surface area contributed by atoms with Crippen LogP contribution in [-0.2, 0) is 4.79 Å². The molecule has 0 radical (unpaired) electrons. The van der Waals surface area contributed by atoms with Gasteiger partial charge in [0.15, 0.2) is 0 Å². The van der Waals surface area contributed by atoms with Gasteiger partial charge < -0.3 is 10.2 Å². The molecule has 1 unspecified atom stereocenters. The third-order valence-corrected chi connectivity index (χ3v) is 3.13. The summed E-state index contributed by atoms with van der Waals surface area (Å²) in [5.74, 6) is -38.3. The molecular formula is C13H13F13O3. The lowest BCUT2D eigenvalue weighted by molar-refractivity contribution is -0.444. The molecule has 0 spiro atoms. The highest BCUT2D eigenvalue weighted by molar-refractivity contribution is 5.84. The predicted octanol–water partition coefficient (Wildman–Crippen LogP) is 5.14. The summed E-state index contributed by atoms with van der Waals surface area (Å²) in [7, 11) is 0. The van der Waals surface area contributed by atoms with Crippen molar-refractivity contribution in [3.63, 3.8) is 0 Å². The van der Waals surface area contributed by atoms with Crippen LogP contribution in [0.1, 0.15) is 20.3 Å². The molecule has 1 atom stereocenters. The van der Waals surface area contributed by atoms with Crippen molar-refractivity contribution in [2.24, 2.45) is 0 Å². The molecular weight excluding hydrogens is 451 g/mol. The van der Waals surface area contributed by atoms with E-state index in [0.29, 0.717) is 6.92 Å². The molecule has 174 valence electrons. The number of carboxylic acids is 1. The van der Waals surface area contributed by atoms with Crippen LogP contribution in [0, 0.1) is 0 Å². The summed E-state index contributed by atoms with van der Waals surface area (Å²) >= 11 is 0. The average molecular weight is 464 g/mol. The van der Waals surface area contributed by atoms with Crippen LogP contribution in [-0.4, -0.2) is 58.1 Å². The summed E-state index contributed by atoms with van der Waals surface area (Å²) in [6.07, 6.45) is -12.6. The Bertz CT molecular complexity index is 583. The van der Waals surface area contributed by atoms with Crippen molar-refractivity contribution in [3.05, 3.63) is 12.2 Å². The number of alkyl halides is 13. The second-order valence-electron chi connectivity index (χ2n) is 5.43. The van der Waals surface area contributed by atoms with Crippen LogP contribution in [0.3, 0.4) is 0 Å². The van der Waals surface area contributed by atoms with E-state index in [1.165, 1.54) is 6.92 Å². The van der Waals surface area contributed by atoms with Gasteiger partial charge in [0.2, 0.25) is 0 Å². The number of aliphatic hydroxyl groups is 1. The standard InChI is InChI=1S/C9H7F13O.C4H6O2/c1-2-3(23)4(10,11)5(12,13)6(14,15)7(16,17)8(18,19)9(20,21)22;1-3(2)4(5)6/h3,23H,2H2,1H3;1H2,2H3,(H,5,6). The number of carbonyl (C=O) groups is 1. The summed E-state index contributed by atoms with van der Waals surface area (Å²) in [6.45, 7) is 5.11. The molecule has 0 aliphatic rings. The van der Waals surface area contributed by atoms with E-state index < -0.39 is 54.3 Å². The van der Waals surface area contributed by atoms with Crippen LogP contribution in [0.15, 0.2) is 12.2 Å². The van der Waals surface area contributed by atoms with Gasteiger partial charge in [0, 0.05) is 5.57 Å². The van der Waals surface area contributed by atoms with Gasteiger partial charge in [0.25, 0.3) is 0 Å². The summed E-state index contributed by atoms with van der Waals surface area (Å²) in [6, 6.07) is 0. The van der Waals surface area contributed by atoms with E-state index in [9.17, 15) is 61.9 Å². The number of rotatable bonds is 7. The Labute approximate surface area is 153 Å². The molecule has 2 N–H and O–H groups in total. The van der Waals surface area contributed by atoms with E-state index in [4.69, 9.17) is 10.2 Å². The molecule has 0 aliphatic heterocycles. The maximum atomic E-state index is 13.0. The summed E-state index contributed by atoms with van der Waals surface area (Å²) in [5.41, 5.74) is 0.176. The fourth-order valence-corrected chi connectivity index (χ4v) is 1.25. The Morgan fingerprint density at radius 3 is 1.28 bits per heavy atom. The first-order valence-corrected chi connectivity index (χ1v) is 6.90. The third-order valence-electron chi connectivity index (χ3n) is 3.13. The molecule has 0 heterocycles. The summed E-state index contributed by atoms with van der Waals surface area (Å²) in [5, 5.41) is 16.4. The maximum absolute atomic E-state index is 13.0. The highest BCUT2D eigenvalue weighted by Crippen LogP contribution is 2.60. The molecule has 0 rings (SSSR count). The first kappa shape index (κ1) is 29.5. The number of aliphatic hydroxyl groups excluding tert-OH is 1. The summed E-state index contributed by atoms with van der Waals surface area (Å²) < 4.78 is 163. The molecule has 0 bridgehead atoms. The number of hydrogen-bond donors (Lipinski definition) is 2. The Morgan fingerprint density at radius 1 is 0.793 bits per heavy atom. The topological polar surface area (TPSA) is 57.5 Å². The highest BCUT2D eigenvalue weighted by Gasteiger charge is 2.91. The molecule has 29 heavy (non-hydrogen) atoms. The van der Waals surface area contributed by atoms with Crippen molar-refractivity contribution < 1.29 is 72.1 Å². The lowest BCUT2D eigenvalue weighted by atomic mass is 9.91. The van der Waals surface area contributed by atoms with E-state index >= 15 is 0 Å². The smallest absolute Gasteiger partial charge is 0.460 e. The quantitative estimate of drug-likeness (QED) is 0.405. The fraction of sp³-hybridized carbons (Fsp3) is 0.769. The van der Waals surface area contributed by atoms with Crippen molar-refractivity contribution >= 4 is 5.97 Å². The SMILES string of the molecule is C=C(C)C(=O)O.CCC(O)C(F)(F)C(F)(F)C(F)(F)C(F)(F)C(F)(F)C(F)(F)F. The third kappa shape index (κ3) is 5.06. The monoisotopic (exact) mass is 464 g/mol. The number of carboxylic acid groups (broad SMARTS) is 1. The predicted molar refractivity (Wildman–Crippen MR) is 69.5 cm³/mol. The Balaban J connectivity index is 0. The first-order valence-electron chi connectivity index (χ1n) is 6.90. The maximum Gasteiger partial charge on any atom is 0.460 e. The molecule has 0 aromatic rings. The summed E-state index contributed by atoms with van der Waals surface area (Å²) in [4.78, 5) is 9.60. The van der Waals surface area contributed by atoms with Crippen LogP contribution in [0.25, 0.3) is 0 Å². The normalized spacial score (nSPS) is 15.3. The van der Waals surface area contributed by atoms with E-state index in [1.54, 1.807) is 0 Å². The van der Waals surface area contributed by atoms with Crippen molar-refractivity contribution in [2.75, 3.05) is 0 Å². The molecule has 0 amide bonds. The van der Waals surface area contributed by atoms with Crippen molar-refractivity contribution in [3.8, 4) is 0 Å². The van der Waals surface area contributed by atoms with Crippen LogP contribution in [0.2, 0.25) is 0 Å². The number of halogens is 13. The number of aliphatic carboxylic acids is 1. The van der Waals surface area contributed by atoms with Crippen LogP contribution in [0.5, 0.6) is 0 Å². The molecule has 3 nitrogen and oxygen atoms in total. The van der Waals surface area contributed by atoms with Crippen molar-refractivity contribution in [1.29, 1.82) is 0 Å². The van der Waals surface area contributed by atoms with Gasteiger partial charge in [0.05, 0.1) is 0 Å². The lowest BCUT2D eigenvalue weighted by Crippen LogP contribution is -2.71. The molecule has 0 saturated heterocycles. The van der Waals surface area contributed by atoms with Gasteiger partial charge in [-0.15, -0.1) is 0 Å². The van der Waals surface area contributed by atoms with Gasteiger partial charge in [-0.2, -0.15) is 57.1 Å². The molecule has 0 saturated carbocycles. The average Bonchev–Trinajstić information content (AvgIpc) is 2.52. The minimum Gasteiger partial charge on any atom is -0.478 e. The van der Waals surface area contributed by atoms with Gasteiger partial charge >= 0.3 is 41.8 Å². The van der Waals surface area contributed by atoms with Crippen LogP contribution >= 0.6 is 0 Å². The zero-order valence-electron chi connectivity index (χ0n) is 14.2. The van der Waals surface area contributed by atoms with E-state index in [-0.39, 0.29) is 5.57 Å². The number of hydrogen-bond acceptors (Lipinski definition) is 2. The zero-order chi connectivity index (χ0) is 24.4. The van der Waals surface area contributed by atoms with Crippen molar-refractivity contribution in [1.82, 2.24) is 0 Å².